The lowest BCUT2D eigenvalue weighted by Gasteiger charge is -2.18. The van der Waals surface area contributed by atoms with E-state index in [1.807, 2.05) is 24.3 Å². The molecule has 1 aromatic rings. The molecule has 0 bridgehead atoms. The van der Waals surface area contributed by atoms with E-state index in [1.165, 1.54) is 0 Å². The molecule has 0 saturated carbocycles. The fourth-order valence-electron chi connectivity index (χ4n) is 0.831. The largest absolute Gasteiger partial charge is 0.493 e. The molecule has 0 unspecified atom stereocenters. The van der Waals surface area contributed by atoms with Gasteiger partial charge in [0.15, 0.2) is 0 Å². The van der Waals surface area contributed by atoms with E-state index in [1.54, 1.807) is 0 Å². The van der Waals surface area contributed by atoms with Crippen LogP contribution >= 0.6 is 11.6 Å². The fourth-order valence-corrected chi connectivity index (χ4v) is 0.957. The maximum absolute atomic E-state index is 5.75. The smallest absolute Gasteiger partial charge is 0.119 e. The summed E-state index contributed by atoms with van der Waals surface area (Å²) in [5.41, 5.74) is 0.194. The molecule has 1 nitrogen and oxygen atoms in total. The molecule has 0 radical (unpaired) electrons. The van der Waals surface area contributed by atoms with Gasteiger partial charge in [0.1, 0.15) is 5.75 Å². The molecule has 13 heavy (non-hydrogen) atoms. The average Bonchev–Trinajstić information content (AvgIpc) is 2.02. The minimum Gasteiger partial charge on any atom is -0.493 e. The lowest BCUT2D eigenvalue weighted by molar-refractivity contribution is 0.198. The van der Waals surface area contributed by atoms with Crippen LogP contribution in [0.5, 0.6) is 5.75 Å². The minimum atomic E-state index is 0.194. The number of hydrogen-bond donors (Lipinski definition) is 0. The normalized spacial score (nSPS) is 11.4. The van der Waals surface area contributed by atoms with Gasteiger partial charge in [-0.05, 0) is 29.7 Å². The second-order valence-corrected chi connectivity index (χ2v) is 4.74. The Morgan fingerprint density at radius 2 is 1.69 bits per heavy atom. The summed E-state index contributed by atoms with van der Waals surface area (Å²) in [6, 6.07) is 7.43. The van der Waals surface area contributed by atoms with Crippen LogP contribution in [0, 0.1) is 5.41 Å². The molecular weight excluding hydrogens is 184 g/mol. The van der Waals surface area contributed by atoms with Crippen molar-refractivity contribution < 1.29 is 4.74 Å². The molecule has 0 aromatic heterocycles. The van der Waals surface area contributed by atoms with Crippen molar-refractivity contribution in [1.82, 2.24) is 0 Å². The highest BCUT2D eigenvalue weighted by molar-refractivity contribution is 6.30. The number of halogens is 1. The Morgan fingerprint density at radius 1 is 1.15 bits per heavy atom. The monoisotopic (exact) mass is 198 g/mol. The van der Waals surface area contributed by atoms with Crippen LogP contribution in [0.25, 0.3) is 0 Å². The zero-order valence-electron chi connectivity index (χ0n) is 8.30. The van der Waals surface area contributed by atoms with Gasteiger partial charge in [-0.2, -0.15) is 0 Å². The molecule has 0 fully saturated rings. The maximum Gasteiger partial charge on any atom is 0.119 e. The van der Waals surface area contributed by atoms with Crippen LogP contribution in [0.1, 0.15) is 20.8 Å². The molecular formula is C11H15ClO. The van der Waals surface area contributed by atoms with E-state index >= 15 is 0 Å². The van der Waals surface area contributed by atoms with Crippen LogP contribution < -0.4 is 4.74 Å². The number of ether oxygens (including phenoxy) is 1. The van der Waals surface area contributed by atoms with Gasteiger partial charge in [0, 0.05) is 5.02 Å². The van der Waals surface area contributed by atoms with Gasteiger partial charge in [-0.25, -0.2) is 0 Å². The molecule has 1 aromatic carbocycles. The topological polar surface area (TPSA) is 9.23 Å². The Morgan fingerprint density at radius 3 is 2.15 bits per heavy atom. The molecule has 0 N–H and O–H groups in total. The molecule has 1 rings (SSSR count). The first-order chi connectivity index (χ1) is 5.97. The Bertz CT molecular complexity index is 258. The van der Waals surface area contributed by atoms with Gasteiger partial charge in [0.2, 0.25) is 0 Å². The van der Waals surface area contributed by atoms with Gasteiger partial charge in [-0.1, -0.05) is 32.4 Å². The van der Waals surface area contributed by atoms with Crippen molar-refractivity contribution in [2.45, 2.75) is 20.8 Å². The SMILES string of the molecule is CC(C)(C)COc1ccc(Cl)cc1. The molecule has 72 valence electrons. The van der Waals surface area contributed by atoms with E-state index < -0.39 is 0 Å². The third kappa shape index (κ3) is 4.18. The molecule has 0 spiro atoms. The summed E-state index contributed by atoms with van der Waals surface area (Å²) in [5.74, 6) is 0.874. The first kappa shape index (κ1) is 10.4. The van der Waals surface area contributed by atoms with E-state index in [0.29, 0.717) is 6.61 Å². The van der Waals surface area contributed by atoms with Crippen molar-refractivity contribution in [2.24, 2.45) is 5.41 Å². The zero-order valence-corrected chi connectivity index (χ0v) is 9.06. The summed E-state index contributed by atoms with van der Waals surface area (Å²) in [7, 11) is 0. The van der Waals surface area contributed by atoms with Crippen molar-refractivity contribution in [1.29, 1.82) is 0 Å². The number of rotatable bonds is 2. The molecule has 0 aliphatic carbocycles. The Balaban J connectivity index is 2.51. The lowest BCUT2D eigenvalue weighted by atomic mass is 9.99. The van der Waals surface area contributed by atoms with Crippen molar-refractivity contribution in [3.63, 3.8) is 0 Å². The fraction of sp³-hybridized carbons (Fsp3) is 0.455. The predicted octanol–water partition coefficient (Wildman–Crippen LogP) is 3.76. The molecule has 0 aliphatic rings. The lowest BCUT2D eigenvalue weighted by Crippen LogP contribution is -2.16. The van der Waals surface area contributed by atoms with Gasteiger partial charge in [-0.3, -0.25) is 0 Å². The van der Waals surface area contributed by atoms with Crippen LogP contribution in [-0.2, 0) is 0 Å². The highest BCUT2D eigenvalue weighted by atomic mass is 35.5. The van der Waals surface area contributed by atoms with Gasteiger partial charge in [0.25, 0.3) is 0 Å². The summed E-state index contributed by atoms with van der Waals surface area (Å²) in [6.07, 6.45) is 0. The van der Waals surface area contributed by atoms with Crippen LogP contribution in [0.3, 0.4) is 0 Å². The van der Waals surface area contributed by atoms with E-state index in [0.717, 1.165) is 10.8 Å². The van der Waals surface area contributed by atoms with Gasteiger partial charge in [-0.15, -0.1) is 0 Å². The van der Waals surface area contributed by atoms with E-state index in [2.05, 4.69) is 20.8 Å². The van der Waals surface area contributed by atoms with E-state index in [4.69, 9.17) is 16.3 Å². The summed E-state index contributed by atoms with van der Waals surface area (Å²) < 4.78 is 5.57. The Labute approximate surface area is 84.7 Å². The van der Waals surface area contributed by atoms with Crippen LogP contribution in [0.4, 0.5) is 0 Å². The predicted molar refractivity (Wildman–Crippen MR) is 56.4 cm³/mol. The van der Waals surface area contributed by atoms with Gasteiger partial charge in [0.05, 0.1) is 6.61 Å². The summed E-state index contributed by atoms with van der Waals surface area (Å²) in [4.78, 5) is 0. The molecule has 2 heteroatoms. The minimum absolute atomic E-state index is 0.194. The van der Waals surface area contributed by atoms with Crippen LogP contribution in [0.2, 0.25) is 5.02 Å². The molecule has 0 amide bonds. The second kappa shape index (κ2) is 4.01. The average molecular weight is 199 g/mol. The van der Waals surface area contributed by atoms with E-state index in [9.17, 15) is 0 Å². The molecule has 0 heterocycles. The highest BCUT2D eigenvalue weighted by Gasteiger charge is 2.10. The third-order valence-corrected chi connectivity index (χ3v) is 1.74. The summed E-state index contributed by atoms with van der Waals surface area (Å²) >= 11 is 5.75. The first-order valence-corrected chi connectivity index (χ1v) is 4.73. The quantitative estimate of drug-likeness (QED) is 0.703. The maximum atomic E-state index is 5.75. The summed E-state index contributed by atoms with van der Waals surface area (Å²) in [5, 5.41) is 0.739. The van der Waals surface area contributed by atoms with Crippen LogP contribution in [-0.4, -0.2) is 6.61 Å². The third-order valence-electron chi connectivity index (χ3n) is 1.49. The highest BCUT2D eigenvalue weighted by Crippen LogP contribution is 2.19. The van der Waals surface area contributed by atoms with Crippen LogP contribution in [0.15, 0.2) is 24.3 Å². The van der Waals surface area contributed by atoms with E-state index in [-0.39, 0.29) is 5.41 Å². The van der Waals surface area contributed by atoms with Crippen molar-refractivity contribution in [3.05, 3.63) is 29.3 Å². The first-order valence-electron chi connectivity index (χ1n) is 4.36. The standard InChI is InChI=1S/C11H15ClO/c1-11(2,3)8-13-10-6-4-9(12)5-7-10/h4-7H,8H2,1-3H3. The molecule has 0 saturated heterocycles. The van der Waals surface area contributed by atoms with Crippen molar-refractivity contribution >= 4 is 11.6 Å². The Kier molecular flexibility index (Phi) is 3.21. The van der Waals surface area contributed by atoms with Crippen molar-refractivity contribution in [3.8, 4) is 5.75 Å². The van der Waals surface area contributed by atoms with Gasteiger partial charge < -0.3 is 4.74 Å². The second-order valence-electron chi connectivity index (χ2n) is 4.30. The Hall–Kier alpha value is -0.690. The number of benzene rings is 1. The van der Waals surface area contributed by atoms with Crippen molar-refractivity contribution in [2.75, 3.05) is 6.61 Å². The number of hydrogen-bond acceptors (Lipinski definition) is 1. The molecule has 0 atom stereocenters. The van der Waals surface area contributed by atoms with Gasteiger partial charge >= 0.3 is 0 Å². The zero-order chi connectivity index (χ0) is 9.90. The summed E-state index contributed by atoms with van der Waals surface area (Å²) in [6.45, 7) is 7.14. The molecule has 0 aliphatic heterocycles.